The number of nitrogens with one attached hydrogen (secondary N) is 3. The van der Waals surface area contributed by atoms with Gasteiger partial charge in [0.1, 0.15) is 5.76 Å². The van der Waals surface area contributed by atoms with Crippen molar-refractivity contribution < 1.29 is 22.4 Å². The fourth-order valence-electron chi connectivity index (χ4n) is 2.47. The van der Waals surface area contributed by atoms with Crippen LogP contribution in [0.2, 0.25) is 0 Å². The molecule has 1 aromatic heterocycles. The lowest BCUT2D eigenvalue weighted by Crippen LogP contribution is -2.42. The normalized spacial score (nSPS) is 11.0. The molecule has 9 heteroatoms. The Hall–Kier alpha value is -3.43. The monoisotopic (exact) mass is 413 g/mol. The zero-order valence-corrected chi connectivity index (χ0v) is 16.1. The van der Waals surface area contributed by atoms with Crippen LogP contribution in [-0.2, 0) is 27.8 Å². The second-order valence-electron chi connectivity index (χ2n) is 6.09. The van der Waals surface area contributed by atoms with E-state index in [2.05, 4.69) is 15.6 Å². The number of amides is 2. The van der Waals surface area contributed by atoms with Gasteiger partial charge in [0.15, 0.2) is 0 Å². The van der Waals surface area contributed by atoms with Crippen LogP contribution in [0.15, 0.2) is 82.3 Å². The Labute approximate surface area is 168 Å². The molecule has 29 heavy (non-hydrogen) atoms. The van der Waals surface area contributed by atoms with Crippen LogP contribution in [0.4, 0.5) is 0 Å². The molecule has 2 aromatic carbocycles. The number of carbonyl (C=O) groups is 2. The van der Waals surface area contributed by atoms with E-state index in [0.717, 1.165) is 5.56 Å². The minimum absolute atomic E-state index is 0.00807. The minimum Gasteiger partial charge on any atom is -0.468 e. The van der Waals surface area contributed by atoms with Gasteiger partial charge in [-0.25, -0.2) is 13.1 Å². The molecule has 150 valence electrons. The molecule has 3 rings (SSSR count). The molecule has 3 aromatic rings. The molecule has 0 atom stereocenters. The van der Waals surface area contributed by atoms with Crippen molar-refractivity contribution in [2.24, 2.45) is 0 Å². The average Bonchev–Trinajstić information content (AvgIpc) is 3.25. The van der Waals surface area contributed by atoms with Gasteiger partial charge in [0, 0.05) is 5.56 Å². The third-order valence-electron chi connectivity index (χ3n) is 3.97. The number of rotatable bonds is 7. The van der Waals surface area contributed by atoms with Crippen LogP contribution in [-0.4, -0.2) is 20.2 Å². The number of furan rings is 1. The average molecular weight is 413 g/mol. The maximum absolute atomic E-state index is 12.3. The van der Waals surface area contributed by atoms with Crippen molar-refractivity contribution in [3.63, 3.8) is 0 Å². The highest BCUT2D eigenvalue weighted by Gasteiger charge is 2.15. The highest BCUT2D eigenvalue weighted by Crippen LogP contribution is 2.11. The van der Waals surface area contributed by atoms with Gasteiger partial charge in [0.2, 0.25) is 15.9 Å². The van der Waals surface area contributed by atoms with Crippen LogP contribution >= 0.6 is 0 Å². The van der Waals surface area contributed by atoms with Gasteiger partial charge >= 0.3 is 0 Å². The standard InChI is InChI=1S/C20H19N3O5S/c24-19(13-15-5-2-1-3-6-15)22-23-20(25)16-8-10-18(11-9-16)29(26,27)21-14-17-7-4-12-28-17/h1-12,21H,13-14H2,(H,22,24)(H,23,25). The Morgan fingerprint density at radius 3 is 2.24 bits per heavy atom. The second kappa shape index (κ2) is 9.18. The number of hydrogen-bond acceptors (Lipinski definition) is 5. The molecule has 0 fully saturated rings. The van der Waals surface area contributed by atoms with Crippen LogP contribution in [0.25, 0.3) is 0 Å². The zero-order chi connectivity index (χ0) is 20.7. The fraction of sp³-hybridized carbons (Fsp3) is 0.100. The molecule has 3 N–H and O–H groups in total. The van der Waals surface area contributed by atoms with Crippen LogP contribution in [0.3, 0.4) is 0 Å². The van der Waals surface area contributed by atoms with Gasteiger partial charge in [-0.15, -0.1) is 0 Å². The summed E-state index contributed by atoms with van der Waals surface area (Å²) >= 11 is 0. The molecule has 0 radical (unpaired) electrons. The molecule has 1 heterocycles. The first kappa shape index (κ1) is 20.3. The SMILES string of the molecule is O=C(Cc1ccccc1)NNC(=O)c1ccc(S(=O)(=O)NCc2ccco2)cc1. The van der Waals surface area contributed by atoms with E-state index >= 15 is 0 Å². The highest BCUT2D eigenvalue weighted by molar-refractivity contribution is 7.89. The summed E-state index contributed by atoms with van der Waals surface area (Å²) < 4.78 is 32.1. The Morgan fingerprint density at radius 2 is 1.59 bits per heavy atom. The van der Waals surface area contributed by atoms with Crippen molar-refractivity contribution >= 4 is 21.8 Å². The zero-order valence-electron chi connectivity index (χ0n) is 15.3. The van der Waals surface area contributed by atoms with Gasteiger partial charge in [0.25, 0.3) is 5.91 Å². The summed E-state index contributed by atoms with van der Waals surface area (Å²) in [4.78, 5) is 24.0. The molecule has 0 saturated heterocycles. The van der Waals surface area contributed by atoms with Crippen LogP contribution in [0, 0.1) is 0 Å². The van der Waals surface area contributed by atoms with Gasteiger partial charge in [-0.05, 0) is 42.0 Å². The number of sulfonamides is 1. The Balaban J connectivity index is 1.53. The summed E-state index contributed by atoms with van der Waals surface area (Å²) in [5.74, 6) is -0.444. The van der Waals surface area contributed by atoms with Crippen LogP contribution < -0.4 is 15.6 Å². The number of benzene rings is 2. The van der Waals surface area contributed by atoms with Crippen molar-refractivity contribution in [1.82, 2.24) is 15.6 Å². The second-order valence-corrected chi connectivity index (χ2v) is 7.86. The van der Waals surface area contributed by atoms with Gasteiger partial charge in [-0.2, -0.15) is 0 Å². The lowest BCUT2D eigenvalue weighted by Gasteiger charge is -2.09. The predicted molar refractivity (Wildman–Crippen MR) is 105 cm³/mol. The van der Waals surface area contributed by atoms with E-state index in [0.29, 0.717) is 5.76 Å². The maximum atomic E-state index is 12.3. The molecule has 0 unspecified atom stereocenters. The highest BCUT2D eigenvalue weighted by atomic mass is 32.2. The van der Waals surface area contributed by atoms with E-state index in [1.165, 1.54) is 30.5 Å². The summed E-state index contributed by atoms with van der Waals surface area (Å²) in [7, 11) is -3.75. The summed E-state index contributed by atoms with van der Waals surface area (Å²) in [5.41, 5.74) is 5.65. The molecule has 0 aliphatic heterocycles. The van der Waals surface area contributed by atoms with E-state index < -0.39 is 15.9 Å². The number of hydrogen-bond donors (Lipinski definition) is 3. The third-order valence-corrected chi connectivity index (χ3v) is 5.38. The first-order chi connectivity index (χ1) is 13.9. The maximum Gasteiger partial charge on any atom is 0.269 e. The molecule has 2 amide bonds. The van der Waals surface area contributed by atoms with Crippen molar-refractivity contribution in [2.45, 2.75) is 17.9 Å². The quantitative estimate of drug-likeness (QED) is 0.510. The molecular formula is C20H19N3O5S. The van der Waals surface area contributed by atoms with E-state index in [4.69, 9.17) is 4.42 Å². The van der Waals surface area contributed by atoms with Gasteiger partial charge in [-0.1, -0.05) is 30.3 Å². The van der Waals surface area contributed by atoms with E-state index in [1.807, 2.05) is 18.2 Å². The van der Waals surface area contributed by atoms with Gasteiger partial charge in [-0.3, -0.25) is 20.4 Å². The van der Waals surface area contributed by atoms with Crippen molar-refractivity contribution in [3.8, 4) is 0 Å². The molecule has 0 aliphatic carbocycles. The van der Waals surface area contributed by atoms with Crippen LogP contribution in [0.1, 0.15) is 21.7 Å². The molecular weight excluding hydrogens is 394 g/mol. The molecule has 0 spiro atoms. The van der Waals surface area contributed by atoms with E-state index in [9.17, 15) is 18.0 Å². The first-order valence-electron chi connectivity index (χ1n) is 8.69. The van der Waals surface area contributed by atoms with E-state index in [1.54, 1.807) is 24.3 Å². The Kier molecular flexibility index (Phi) is 6.43. The van der Waals surface area contributed by atoms with Gasteiger partial charge < -0.3 is 4.42 Å². The number of carbonyl (C=O) groups excluding carboxylic acids is 2. The number of hydrazine groups is 1. The van der Waals surface area contributed by atoms with Gasteiger partial charge in [0.05, 0.1) is 24.1 Å². The minimum atomic E-state index is -3.75. The van der Waals surface area contributed by atoms with Crippen molar-refractivity contribution in [2.75, 3.05) is 0 Å². The topological polar surface area (TPSA) is 118 Å². The lowest BCUT2D eigenvalue weighted by atomic mass is 10.1. The predicted octanol–water partition coefficient (Wildman–Crippen LogP) is 1.76. The summed E-state index contributed by atoms with van der Waals surface area (Å²) in [6, 6.07) is 17.8. The third kappa shape index (κ3) is 5.77. The van der Waals surface area contributed by atoms with E-state index in [-0.39, 0.29) is 29.3 Å². The molecule has 0 bridgehead atoms. The Bertz CT molecular complexity index is 1060. The van der Waals surface area contributed by atoms with Crippen molar-refractivity contribution in [1.29, 1.82) is 0 Å². The Morgan fingerprint density at radius 1 is 0.862 bits per heavy atom. The largest absolute Gasteiger partial charge is 0.468 e. The summed E-state index contributed by atoms with van der Waals surface area (Å²) in [6.45, 7) is 0.0189. The summed E-state index contributed by atoms with van der Waals surface area (Å²) in [5, 5.41) is 0. The first-order valence-corrected chi connectivity index (χ1v) is 10.2. The van der Waals surface area contributed by atoms with Crippen LogP contribution in [0.5, 0.6) is 0 Å². The smallest absolute Gasteiger partial charge is 0.269 e. The molecule has 0 aliphatic rings. The fourth-order valence-corrected chi connectivity index (χ4v) is 3.47. The summed E-state index contributed by atoms with van der Waals surface area (Å²) in [6.07, 6.45) is 1.58. The van der Waals surface area contributed by atoms with Crippen molar-refractivity contribution in [3.05, 3.63) is 89.9 Å². The molecule has 8 nitrogen and oxygen atoms in total. The molecule has 0 saturated carbocycles. The lowest BCUT2D eigenvalue weighted by molar-refractivity contribution is -0.121.